The summed E-state index contributed by atoms with van der Waals surface area (Å²) in [5.74, 6) is -0.417. The van der Waals surface area contributed by atoms with Gasteiger partial charge in [-0.2, -0.15) is 0 Å². The number of pyridine rings is 1. The van der Waals surface area contributed by atoms with Crippen molar-refractivity contribution >= 4 is 17.7 Å². The molecule has 7 nitrogen and oxygen atoms in total. The Hall–Kier alpha value is -2.93. The molecule has 25 heavy (non-hydrogen) atoms. The molecule has 1 aliphatic heterocycles. The van der Waals surface area contributed by atoms with Crippen molar-refractivity contribution < 1.29 is 19.1 Å². The second kappa shape index (κ2) is 7.76. The summed E-state index contributed by atoms with van der Waals surface area (Å²) in [4.78, 5) is 30.0. The first-order valence-electron chi connectivity index (χ1n) is 7.92. The first kappa shape index (κ1) is 16.9. The molecular formula is C18H19N3O4. The molecule has 7 heteroatoms. The Morgan fingerprint density at radius 2 is 2.24 bits per heavy atom. The molecule has 0 bridgehead atoms. The van der Waals surface area contributed by atoms with Crippen LogP contribution in [-0.4, -0.2) is 37.2 Å². The molecule has 2 heterocycles. The van der Waals surface area contributed by atoms with Crippen LogP contribution in [0.5, 0.6) is 0 Å². The largest absolute Gasteiger partial charge is 0.465 e. The van der Waals surface area contributed by atoms with Crippen molar-refractivity contribution in [2.24, 2.45) is 0 Å². The Labute approximate surface area is 145 Å². The minimum Gasteiger partial charge on any atom is -0.465 e. The van der Waals surface area contributed by atoms with Gasteiger partial charge in [0.25, 0.3) is 0 Å². The Kier molecular flexibility index (Phi) is 5.25. The minimum absolute atomic E-state index is 0.221. The van der Waals surface area contributed by atoms with E-state index < -0.39 is 5.97 Å². The van der Waals surface area contributed by atoms with Crippen molar-refractivity contribution in [3.05, 3.63) is 59.4 Å². The number of benzene rings is 1. The number of methoxy groups -OCH3 is 1. The van der Waals surface area contributed by atoms with E-state index in [4.69, 9.17) is 9.47 Å². The lowest BCUT2D eigenvalue weighted by molar-refractivity contribution is 0.0600. The smallest absolute Gasteiger partial charge is 0.337 e. The van der Waals surface area contributed by atoms with Crippen LogP contribution >= 0.6 is 0 Å². The lowest BCUT2D eigenvalue weighted by Crippen LogP contribution is -2.41. The summed E-state index contributed by atoms with van der Waals surface area (Å²) in [6, 6.07) is 8.60. The quantitative estimate of drug-likeness (QED) is 0.865. The number of aromatic nitrogens is 1. The van der Waals surface area contributed by atoms with E-state index in [1.165, 1.54) is 7.11 Å². The van der Waals surface area contributed by atoms with E-state index in [0.717, 1.165) is 16.8 Å². The normalized spacial score (nSPS) is 13.6. The zero-order valence-corrected chi connectivity index (χ0v) is 13.9. The Balaban J connectivity index is 1.78. The molecule has 2 amide bonds. The summed E-state index contributed by atoms with van der Waals surface area (Å²) in [7, 11) is 1.34. The van der Waals surface area contributed by atoms with Crippen LogP contribution in [0, 0.1) is 0 Å². The number of carbonyl (C=O) groups is 2. The molecule has 1 aliphatic rings. The molecule has 1 aromatic heterocycles. The van der Waals surface area contributed by atoms with Crippen LogP contribution in [0.2, 0.25) is 0 Å². The van der Waals surface area contributed by atoms with Crippen molar-refractivity contribution in [2.45, 2.75) is 13.2 Å². The number of anilines is 1. The van der Waals surface area contributed by atoms with Gasteiger partial charge >= 0.3 is 12.0 Å². The fourth-order valence-electron chi connectivity index (χ4n) is 2.65. The van der Waals surface area contributed by atoms with Crippen molar-refractivity contribution in [1.82, 2.24) is 10.3 Å². The van der Waals surface area contributed by atoms with Crippen molar-refractivity contribution in [1.29, 1.82) is 0 Å². The van der Waals surface area contributed by atoms with Crippen LogP contribution in [-0.2, 0) is 22.6 Å². The average Bonchev–Trinajstić information content (AvgIpc) is 2.88. The third-order valence-electron chi connectivity index (χ3n) is 3.92. The van der Waals surface area contributed by atoms with Gasteiger partial charge in [-0.25, -0.2) is 9.59 Å². The van der Waals surface area contributed by atoms with Crippen LogP contribution in [0.25, 0.3) is 0 Å². The van der Waals surface area contributed by atoms with Crippen LogP contribution in [0.15, 0.2) is 42.7 Å². The number of fused-ring (bicyclic) bond motifs is 1. The average molecular weight is 341 g/mol. The zero-order valence-electron chi connectivity index (χ0n) is 13.9. The molecule has 0 saturated heterocycles. The van der Waals surface area contributed by atoms with Gasteiger partial charge < -0.3 is 14.8 Å². The molecular weight excluding hydrogens is 322 g/mol. The number of rotatable bonds is 3. The lowest BCUT2D eigenvalue weighted by Gasteiger charge is -2.23. The second-order valence-corrected chi connectivity index (χ2v) is 5.56. The van der Waals surface area contributed by atoms with E-state index in [1.807, 2.05) is 12.1 Å². The summed E-state index contributed by atoms with van der Waals surface area (Å²) in [5, 5.41) is 2.89. The van der Waals surface area contributed by atoms with Gasteiger partial charge in [-0.3, -0.25) is 9.88 Å². The number of hydrogen-bond acceptors (Lipinski definition) is 5. The van der Waals surface area contributed by atoms with Gasteiger partial charge in [-0.15, -0.1) is 0 Å². The van der Waals surface area contributed by atoms with Gasteiger partial charge in [0.05, 0.1) is 38.1 Å². The van der Waals surface area contributed by atoms with Crippen molar-refractivity contribution in [3.63, 3.8) is 0 Å². The number of hydrogen-bond donors (Lipinski definition) is 1. The Morgan fingerprint density at radius 1 is 1.36 bits per heavy atom. The number of urea groups is 1. The van der Waals surface area contributed by atoms with E-state index in [9.17, 15) is 9.59 Å². The second-order valence-electron chi connectivity index (χ2n) is 5.56. The number of carbonyl (C=O) groups excluding carboxylic acids is 2. The van der Waals surface area contributed by atoms with Gasteiger partial charge in [-0.1, -0.05) is 6.07 Å². The number of nitrogens with one attached hydrogen (secondary N) is 1. The van der Waals surface area contributed by atoms with Crippen molar-refractivity contribution in [2.75, 3.05) is 25.2 Å². The van der Waals surface area contributed by atoms with E-state index in [0.29, 0.717) is 31.9 Å². The predicted octanol–water partition coefficient (Wildman–Crippen LogP) is 2.11. The molecule has 130 valence electrons. The summed E-state index contributed by atoms with van der Waals surface area (Å²) >= 11 is 0. The fourth-order valence-corrected chi connectivity index (χ4v) is 2.65. The molecule has 1 N–H and O–H groups in total. The number of nitrogens with zero attached hydrogens (tertiary/aromatic N) is 2. The third kappa shape index (κ3) is 3.95. The van der Waals surface area contributed by atoms with E-state index in [2.05, 4.69) is 10.3 Å². The zero-order chi connectivity index (χ0) is 17.6. The molecule has 0 fully saturated rings. The van der Waals surface area contributed by atoms with E-state index >= 15 is 0 Å². The molecule has 0 saturated carbocycles. The minimum atomic E-state index is -0.417. The predicted molar refractivity (Wildman–Crippen MR) is 91.3 cm³/mol. The Bertz CT molecular complexity index is 764. The molecule has 3 rings (SSSR count). The van der Waals surface area contributed by atoms with E-state index in [-0.39, 0.29) is 6.03 Å². The molecule has 0 radical (unpaired) electrons. The first-order valence-corrected chi connectivity index (χ1v) is 7.92. The van der Waals surface area contributed by atoms with Gasteiger partial charge in [0.2, 0.25) is 0 Å². The Morgan fingerprint density at radius 3 is 3.00 bits per heavy atom. The highest BCUT2D eigenvalue weighted by Crippen LogP contribution is 2.26. The number of esters is 1. The molecule has 0 aliphatic carbocycles. The van der Waals surface area contributed by atoms with Gasteiger partial charge in [0.1, 0.15) is 0 Å². The summed E-state index contributed by atoms with van der Waals surface area (Å²) in [6.45, 7) is 1.58. The summed E-state index contributed by atoms with van der Waals surface area (Å²) in [6.07, 6.45) is 3.40. The highest BCUT2D eigenvalue weighted by Gasteiger charge is 2.22. The molecule has 0 unspecified atom stereocenters. The van der Waals surface area contributed by atoms with E-state index in [1.54, 1.807) is 35.5 Å². The standard InChI is InChI=1S/C18H19N3O4/c1-24-17(22)14-4-5-16-15(9-14)12-25-8-7-21(16)18(23)20-11-13-3-2-6-19-10-13/h2-6,9-10H,7-8,11-12H2,1H3,(H,20,23). The van der Waals surface area contributed by atoms with Crippen LogP contribution in [0.1, 0.15) is 21.5 Å². The van der Waals surface area contributed by atoms with Crippen LogP contribution in [0.4, 0.5) is 10.5 Å². The SMILES string of the molecule is COC(=O)c1ccc2c(c1)COCCN2C(=O)NCc1cccnc1. The van der Waals surface area contributed by atoms with Crippen LogP contribution < -0.4 is 10.2 Å². The highest BCUT2D eigenvalue weighted by atomic mass is 16.5. The van der Waals surface area contributed by atoms with Gasteiger partial charge in [-0.05, 0) is 29.8 Å². The van der Waals surface area contributed by atoms with Crippen LogP contribution in [0.3, 0.4) is 0 Å². The molecule has 0 atom stereocenters. The molecule has 1 aromatic carbocycles. The maximum atomic E-state index is 12.6. The first-order chi connectivity index (χ1) is 12.2. The number of amides is 2. The van der Waals surface area contributed by atoms with Crippen molar-refractivity contribution in [3.8, 4) is 0 Å². The lowest BCUT2D eigenvalue weighted by atomic mass is 10.1. The summed E-state index contributed by atoms with van der Waals surface area (Å²) < 4.78 is 10.3. The van der Waals surface area contributed by atoms with Gasteiger partial charge in [0, 0.05) is 24.5 Å². The molecule has 2 aromatic rings. The maximum absolute atomic E-state index is 12.6. The summed E-state index contributed by atoms with van der Waals surface area (Å²) in [5.41, 5.74) is 2.86. The van der Waals surface area contributed by atoms with Gasteiger partial charge in [0.15, 0.2) is 0 Å². The molecule has 0 spiro atoms. The fraction of sp³-hybridized carbons (Fsp3) is 0.278. The number of ether oxygens (including phenoxy) is 2. The maximum Gasteiger partial charge on any atom is 0.337 e. The topological polar surface area (TPSA) is 80.8 Å². The highest BCUT2D eigenvalue weighted by molar-refractivity contribution is 5.95. The third-order valence-corrected chi connectivity index (χ3v) is 3.92. The monoisotopic (exact) mass is 341 g/mol.